The number of aromatic nitrogens is 3. The molecule has 0 atom stereocenters. The predicted octanol–water partition coefficient (Wildman–Crippen LogP) is 5.47. The number of imidazole rings is 1. The lowest BCUT2D eigenvalue weighted by Crippen LogP contribution is -2.02. The minimum atomic E-state index is -0.753. The van der Waals surface area contributed by atoms with Crippen molar-refractivity contribution in [2.75, 3.05) is 0 Å². The summed E-state index contributed by atoms with van der Waals surface area (Å²) in [5.41, 5.74) is 2.25. The topological polar surface area (TPSA) is 30.7 Å². The SMILES string of the molecule is Cc1ccnc(-n2cnc3cc(F)cc(F)c32)c1-c1ccc(F)cc1Cl. The quantitative estimate of drug-likeness (QED) is 0.466. The van der Waals surface area contributed by atoms with Gasteiger partial charge in [0, 0.05) is 29.5 Å². The van der Waals surface area contributed by atoms with E-state index in [0.717, 1.165) is 17.7 Å². The molecule has 0 saturated carbocycles. The summed E-state index contributed by atoms with van der Waals surface area (Å²) in [6.45, 7) is 1.84. The Balaban J connectivity index is 2.04. The summed E-state index contributed by atoms with van der Waals surface area (Å²) in [6.07, 6.45) is 2.94. The van der Waals surface area contributed by atoms with Crippen molar-refractivity contribution in [1.29, 1.82) is 0 Å². The lowest BCUT2D eigenvalue weighted by molar-refractivity contribution is 0.589. The zero-order chi connectivity index (χ0) is 18.4. The largest absolute Gasteiger partial charge is 0.279 e. The minimum Gasteiger partial charge on any atom is -0.279 e. The Hall–Kier alpha value is -2.86. The molecule has 7 heteroatoms. The number of hydrogen-bond donors (Lipinski definition) is 0. The second-order valence-corrected chi connectivity index (χ2v) is 6.23. The fraction of sp³-hybridized carbons (Fsp3) is 0.0526. The van der Waals surface area contributed by atoms with Gasteiger partial charge in [0.1, 0.15) is 29.3 Å². The van der Waals surface area contributed by atoms with Gasteiger partial charge >= 0.3 is 0 Å². The summed E-state index contributed by atoms with van der Waals surface area (Å²) in [6, 6.07) is 7.75. The third-order valence-electron chi connectivity index (χ3n) is 4.13. The van der Waals surface area contributed by atoms with Crippen LogP contribution in [0.25, 0.3) is 28.0 Å². The van der Waals surface area contributed by atoms with E-state index in [1.54, 1.807) is 18.3 Å². The van der Waals surface area contributed by atoms with Gasteiger partial charge in [0.15, 0.2) is 5.82 Å². The average Bonchev–Trinajstić information content (AvgIpc) is 2.99. The lowest BCUT2D eigenvalue weighted by Gasteiger charge is -2.14. The molecule has 0 saturated heterocycles. The van der Waals surface area contributed by atoms with Crippen molar-refractivity contribution >= 4 is 22.6 Å². The Morgan fingerprint density at radius 2 is 1.77 bits per heavy atom. The van der Waals surface area contributed by atoms with E-state index < -0.39 is 17.5 Å². The maximum Gasteiger partial charge on any atom is 0.152 e. The van der Waals surface area contributed by atoms with Gasteiger partial charge in [0.25, 0.3) is 0 Å². The molecular weight excluding hydrogens is 363 g/mol. The fourth-order valence-electron chi connectivity index (χ4n) is 2.98. The molecule has 4 rings (SSSR count). The van der Waals surface area contributed by atoms with Crippen LogP contribution < -0.4 is 0 Å². The molecule has 0 radical (unpaired) electrons. The van der Waals surface area contributed by atoms with Crippen molar-refractivity contribution in [2.45, 2.75) is 6.92 Å². The van der Waals surface area contributed by atoms with Crippen LogP contribution in [-0.4, -0.2) is 14.5 Å². The Labute approximate surface area is 151 Å². The second kappa shape index (κ2) is 6.14. The van der Waals surface area contributed by atoms with Crippen molar-refractivity contribution in [3.05, 3.63) is 77.0 Å². The van der Waals surface area contributed by atoms with Crippen LogP contribution in [0.2, 0.25) is 5.02 Å². The first-order chi connectivity index (χ1) is 12.5. The third-order valence-corrected chi connectivity index (χ3v) is 4.44. The summed E-state index contributed by atoms with van der Waals surface area (Å²) in [5, 5.41) is 0.207. The molecule has 2 aromatic heterocycles. The van der Waals surface area contributed by atoms with Gasteiger partial charge in [-0.25, -0.2) is 23.1 Å². The molecule has 0 bridgehead atoms. The van der Waals surface area contributed by atoms with Crippen molar-refractivity contribution in [1.82, 2.24) is 14.5 Å². The molecule has 0 aliphatic rings. The van der Waals surface area contributed by atoms with Crippen molar-refractivity contribution in [3.63, 3.8) is 0 Å². The molecule has 0 aliphatic carbocycles. The third kappa shape index (κ3) is 2.63. The van der Waals surface area contributed by atoms with E-state index in [1.165, 1.54) is 23.0 Å². The molecule has 0 N–H and O–H groups in total. The molecule has 0 fully saturated rings. The highest BCUT2D eigenvalue weighted by molar-refractivity contribution is 6.33. The molecule has 0 amide bonds. The Morgan fingerprint density at radius 3 is 2.54 bits per heavy atom. The highest BCUT2D eigenvalue weighted by Crippen LogP contribution is 2.35. The second-order valence-electron chi connectivity index (χ2n) is 5.82. The number of rotatable bonds is 2. The summed E-state index contributed by atoms with van der Waals surface area (Å²) in [5.74, 6) is -1.56. The summed E-state index contributed by atoms with van der Waals surface area (Å²) in [4.78, 5) is 8.41. The van der Waals surface area contributed by atoms with Crippen LogP contribution in [0.4, 0.5) is 13.2 Å². The number of aryl methyl sites for hydroxylation is 1. The van der Waals surface area contributed by atoms with Crippen LogP contribution >= 0.6 is 11.6 Å². The maximum absolute atomic E-state index is 14.4. The summed E-state index contributed by atoms with van der Waals surface area (Å²) >= 11 is 6.22. The van der Waals surface area contributed by atoms with Gasteiger partial charge in [0.05, 0.1) is 10.5 Å². The van der Waals surface area contributed by atoms with Gasteiger partial charge in [-0.15, -0.1) is 0 Å². The average molecular weight is 374 g/mol. The van der Waals surface area contributed by atoms with Gasteiger partial charge in [-0.3, -0.25) is 4.57 Å². The van der Waals surface area contributed by atoms with Gasteiger partial charge in [0.2, 0.25) is 0 Å². The van der Waals surface area contributed by atoms with E-state index in [9.17, 15) is 13.2 Å². The highest BCUT2D eigenvalue weighted by Gasteiger charge is 2.19. The summed E-state index contributed by atoms with van der Waals surface area (Å²) < 4.78 is 42.7. The number of nitrogens with zero attached hydrogens (tertiary/aromatic N) is 3. The predicted molar refractivity (Wildman–Crippen MR) is 93.9 cm³/mol. The van der Waals surface area contributed by atoms with E-state index in [0.29, 0.717) is 16.9 Å². The lowest BCUT2D eigenvalue weighted by atomic mass is 10.0. The zero-order valence-corrected chi connectivity index (χ0v) is 14.2. The van der Waals surface area contributed by atoms with Gasteiger partial charge in [-0.1, -0.05) is 11.6 Å². The number of benzene rings is 2. The molecule has 2 aromatic carbocycles. The standard InChI is InChI=1S/C19H11ClF3N3/c1-10-4-5-24-19(17(10)13-3-2-11(21)6-14(13)20)26-9-25-16-8-12(22)7-15(23)18(16)26/h2-9H,1H3. The van der Waals surface area contributed by atoms with Gasteiger partial charge < -0.3 is 0 Å². The number of fused-ring (bicyclic) bond motifs is 1. The van der Waals surface area contributed by atoms with E-state index in [4.69, 9.17) is 11.6 Å². The molecule has 0 aliphatic heterocycles. The van der Waals surface area contributed by atoms with Crippen molar-refractivity contribution in [3.8, 4) is 16.9 Å². The first-order valence-electron chi connectivity index (χ1n) is 7.69. The summed E-state index contributed by atoms with van der Waals surface area (Å²) in [7, 11) is 0. The minimum absolute atomic E-state index is 0.101. The Kier molecular flexibility index (Phi) is 3.92. The molecule has 26 heavy (non-hydrogen) atoms. The number of pyridine rings is 1. The van der Waals surface area contributed by atoms with E-state index in [-0.39, 0.29) is 16.1 Å². The molecule has 130 valence electrons. The smallest absolute Gasteiger partial charge is 0.152 e. The monoisotopic (exact) mass is 373 g/mol. The molecule has 2 heterocycles. The fourth-order valence-corrected chi connectivity index (χ4v) is 3.24. The molecule has 0 spiro atoms. The normalized spacial score (nSPS) is 11.3. The van der Waals surface area contributed by atoms with Crippen LogP contribution in [-0.2, 0) is 0 Å². The first-order valence-corrected chi connectivity index (χ1v) is 8.07. The highest BCUT2D eigenvalue weighted by atomic mass is 35.5. The molecular formula is C19H11ClF3N3. The molecule has 0 unspecified atom stereocenters. The van der Waals surface area contributed by atoms with E-state index in [2.05, 4.69) is 9.97 Å². The van der Waals surface area contributed by atoms with E-state index in [1.807, 2.05) is 6.92 Å². The maximum atomic E-state index is 14.4. The molecule has 4 aromatic rings. The van der Waals surface area contributed by atoms with Crippen LogP contribution in [0.15, 0.2) is 48.9 Å². The van der Waals surface area contributed by atoms with Gasteiger partial charge in [-0.05, 0) is 36.8 Å². The van der Waals surface area contributed by atoms with Crippen molar-refractivity contribution < 1.29 is 13.2 Å². The zero-order valence-electron chi connectivity index (χ0n) is 13.5. The Morgan fingerprint density at radius 1 is 0.962 bits per heavy atom. The molecule has 3 nitrogen and oxygen atoms in total. The Bertz CT molecular complexity index is 1150. The van der Waals surface area contributed by atoms with Gasteiger partial charge in [-0.2, -0.15) is 0 Å². The van der Waals surface area contributed by atoms with Crippen LogP contribution in [0.1, 0.15) is 5.56 Å². The van der Waals surface area contributed by atoms with E-state index >= 15 is 0 Å². The van der Waals surface area contributed by atoms with Crippen LogP contribution in [0, 0.1) is 24.4 Å². The van der Waals surface area contributed by atoms with Crippen LogP contribution in [0.3, 0.4) is 0 Å². The van der Waals surface area contributed by atoms with Crippen molar-refractivity contribution in [2.24, 2.45) is 0 Å². The first kappa shape index (κ1) is 16.6. The number of hydrogen-bond acceptors (Lipinski definition) is 2. The number of halogens is 4. The van der Waals surface area contributed by atoms with Crippen LogP contribution in [0.5, 0.6) is 0 Å².